The first-order chi connectivity index (χ1) is 6.27. The van der Waals surface area contributed by atoms with Crippen LogP contribution in [-0.2, 0) is 4.79 Å². The van der Waals surface area contributed by atoms with Crippen LogP contribution in [0.4, 0.5) is 0 Å². The monoisotopic (exact) mass is 182 g/mol. The van der Waals surface area contributed by atoms with Crippen LogP contribution in [0.25, 0.3) is 0 Å². The Morgan fingerprint density at radius 2 is 2.15 bits per heavy atom. The molecule has 1 N–H and O–H groups in total. The van der Waals surface area contributed by atoms with Gasteiger partial charge in [0.15, 0.2) is 0 Å². The molecule has 0 spiro atoms. The average Bonchev–Trinajstić information content (AvgIpc) is 1.92. The van der Waals surface area contributed by atoms with Crippen LogP contribution in [0.15, 0.2) is 0 Å². The predicted molar refractivity (Wildman–Crippen MR) is 51.4 cm³/mol. The summed E-state index contributed by atoms with van der Waals surface area (Å²) in [7, 11) is 1.96. The van der Waals surface area contributed by atoms with Gasteiger partial charge in [0.1, 0.15) is 0 Å². The minimum atomic E-state index is 0.344. The van der Waals surface area contributed by atoms with E-state index in [2.05, 4.69) is 5.32 Å². The van der Waals surface area contributed by atoms with Gasteiger partial charge in [0.2, 0.25) is 5.91 Å². The topological polar surface area (TPSA) is 32.3 Å². The Labute approximate surface area is 79.5 Å². The fourth-order valence-corrected chi connectivity index (χ4v) is 1.86. The zero-order valence-electron chi connectivity index (χ0n) is 8.25. The summed E-state index contributed by atoms with van der Waals surface area (Å²) in [5, 5.41) is 3.19. The van der Waals surface area contributed by atoms with Gasteiger partial charge in [-0.05, 0) is 38.3 Å². The quantitative estimate of drug-likeness (QED) is 0.693. The lowest BCUT2D eigenvalue weighted by atomic mass is 9.90. The number of hydrogen-bond donors (Lipinski definition) is 1. The van der Waals surface area contributed by atoms with Crippen molar-refractivity contribution in [2.24, 2.45) is 5.92 Å². The summed E-state index contributed by atoms with van der Waals surface area (Å²) in [6, 6.07) is 0.556. The van der Waals surface area contributed by atoms with E-state index in [1.54, 1.807) is 0 Å². The Bertz CT molecular complexity index is 197. The third kappa shape index (κ3) is 1.85. The zero-order chi connectivity index (χ0) is 9.26. The van der Waals surface area contributed by atoms with E-state index in [9.17, 15) is 4.79 Å². The Morgan fingerprint density at radius 1 is 1.46 bits per heavy atom. The van der Waals surface area contributed by atoms with E-state index in [0.717, 1.165) is 19.5 Å². The molecule has 0 radical (unpaired) electrons. The fraction of sp³-hybridized carbons (Fsp3) is 0.900. The number of hydrogen-bond acceptors (Lipinski definition) is 2. The molecule has 1 amide bonds. The van der Waals surface area contributed by atoms with Crippen molar-refractivity contribution < 1.29 is 4.79 Å². The Balaban J connectivity index is 1.74. The highest BCUT2D eigenvalue weighted by atomic mass is 16.2. The Hall–Kier alpha value is -0.570. The SMILES string of the molecule is CN(C(=O)CC1CNC1)C1CCC1. The summed E-state index contributed by atoms with van der Waals surface area (Å²) < 4.78 is 0. The van der Waals surface area contributed by atoms with Gasteiger partial charge >= 0.3 is 0 Å². The number of carbonyl (C=O) groups is 1. The minimum Gasteiger partial charge on any atom is -0.343 e. The molecule has 2 fully saturated rings. The summed E-state index contributed by atoms with van der Waals surface area (Å²) >= 11 is 0. The molecule has 1 saturated heterocycles. The van der Waals surface area contributed by atoms with Gasteiger partial charge in [-0.1, -0.05) is 0 Å². The summed E-state index contributed by atoms with van der Waals surface area (Å²) in [5.74, 6) is 0.950. The zero-order valence-corrected chi connectivity index (χ0v) is 8.25. The summed E-state index contributed by atoms with van der Waals surface area (Å²) in [4.78, 5) is 13.6. The molecule has 13 heavy (non-hydrogen) atoms. The van der Waals surface area contributed by atoms with Gasteiger partial charge in [0, 0.05) is 19.5 Å². The number of nitrogens with zero attached hydrogens (tertiary/aromatic N) is 1. The molecular weight excluding hydrogens is 164 g/mol. The first-order valence-electron chi connectivity index (χ1n) is 5.24. The van der Waals surface area contributed by atoms with Crippen molar-refractivity contribution in [2.45, 2.75) is 31.7 Å². The fourth-order valence-electron chi connectivity index (χ4n) is 1.86. The van der Waals surface area contributed by atoms with Crippen LogP contribution >= 0.6 is 0 Å². The minimum absolute atomic E-state index is 0.344. The van der Waals surface area contributed by atoms with Crippen molar-refractivity contribution in [2.75, 3.05) is 20.1 Å². The molecule has 1 heterocycles. The molecule has 1 aliphatic carbocycles. The number of carbonyl (C=O) groups excluding carboxylic acids is 1. The van der Waals surface area contributed by atoms with Gasteiger partial charge in [-0.25, -0.2) is 0 Å². The van der Waals surface area contributed by atoms with Crippen molar-refractivity contribution >= 4 is 5.91 Å². The van der Waals surface area contributed by atoms with E-state index in [-0.39, 0.29) is 0 Å². The first kappa shape index (κ1) is 9.00. The highest BCUT2D eigenvalue weighted by molar-refractivity contribution is 5.76. The molecule has 2 aliphatic rings. The molecular formula is C10H18N2O. The molecule has 0 unspecified atom stereocenters. The summed E-state index contributed by atoms with van der Waals surface area (Å²) in [5.41, 5.74) is 0. The number of rotatable bonds is 3. The van der Waals surface area contributed by atoms with Crippen molar-refractivity contribution in [3.63, 3.8) is 0 Å². The van der Waals surface area contributed by atoms with Gasteiger partial charge in [-0.15, -0.1) is 0 Å². The molecule has 1 aliphatic heterocycles. The summed E-state index contributed by atoms with van der Waals surface area (Å²) in [6.45, 7) is 2.06. The van der Waals surface area contributed by atoms with Crippen molar-refractivity contribution in [3.8, 4) is 0 Å². The van der Waals surface area contributed by atoms with Crippen LogP contribution in [0.5, 0.6) is 0 Å². The van der Waals surface area contributed by atoms with Crippen LogP contribution in [0.1, 0.15) is 25.7 Å². The lowest BCUT2D eigenvalue weighted by molar-refractivity contribution is -0.134. The normalized spacial score (nSPS) is 23.5. The van der Waals surface area contributed by atoms with Crippen LogP contribution in [0, 0.1) is 5.92 Å². The van der Waals surface area contributed by atoms with Crippen molar-refractivity contribution in [1.29, 1.82) is 0 Å². The molecule has 1 saturated carbocycles. The molecule has 0 bridgehead atoms. The predicted octanol–water partition coefficient (Wildman–Crippen LogP) is 0.607. The van der Waals surface area contributed by atoms with E-state index in [1.807, 2.05) is 11.9 Å². The van der Waals surface area contributed by atoms with Gasteiger partial charge in [-0.2, -0.15) is 0 Å². The third-order valence-corrected chi connectivity index (χ3v) is 3.35. The number of amides is 1. The second-order valence-corrected chi connectivity index (χ2v) is 4.32. The van der Waals surface area contributed by atoms with Gasteiger partial charge in [0.25, 0.3) is 0 Å². The maximum atomic E-state index is 11.7. The third-order valence-electron chi connectivity index (χ3n) is 3.35. The van der Waals surface area contributed by atoms with E-state index >= 15 is 0 Å². The second kappa shape index (κ2) is 3.66. The lowest BCUT2D eigenvalue weighted by Crippen LogP contribution is -2.47. The molecule has 0 aromatic heterocycles. The van der Waals surface area contributed by atoms with Crippen molar-refractivity contribution in [1.82, 2.24) is 10.2 Å². The molecule has 3 nitrogen and oxygen atoms in total. The van der Waals surface area contributed by atoms with E-state index in [0.29, 0.717) is 17.9 Å². The molecule has 0 atom stereocenters. The largest absolute Gasteiger partial charge is 0.343 e. The highest BCUT2D eigenvalue weighted by Crippen LogP contribution is 2.24. The van der Waals surface area contributed by atoms with Crippen LogP contribution in [0.2, 0.25) is 0 Å². The van der Waals surface area contributed by atoms with Gasteiger partial charge < -0.3 is 10.2 Å². The van der Waals surface area contributed by atoms with Crippen LogP contribution < -0.4 is 5.32 Å². The molecule has 2 rings (SSSR count). The second-order valence-electron chi connectivity index (χ2n) is 4.32. The number of nitrogens with one attached hydrogen (secondary N) is 1. The maximum Gasteiger partial charge on any atom is 0.222 e. The van der Waals surface area contributed by atoms with Gasteiger partial charge in [-0.3, -0.25) is 4.79 Å². The van der Waals surface area contributed by atoms with Crippen molar-refractivity contribution in [3.05, 3.63) is 0 Å². The van der Waals surface area contributed by atoms with Crippen LogP contribution in [0.3, 0.4) is 0 Å². The van der Waals surface area contributed by atoms with Gasteiger partial charge in [0.05, 0.1) is 0 Å². The smallest absolute Gasteiger partial charge is 0.222 e. The Kier molecular flexibility index (Phi) is 2.54. The molecule has 0 aromatic rings. The van der Waals surface area contributed by atoms with E-state index in [4.69, 9.17) is 0 Å². The highest BCUT2D eigenvalue weighted by Gasteiger charge is 2.28. The molecule has 3 heteroatoms. The Morgan fingerprint density at radius 3 is 2.54 bits per heavy atom. The summed E-state index contributed by atoms with van der Waals surface area (Å²) in [6.07, 6.45) is 4.48. The lowest BCUT2D eigenvalue weighted by Gasteiger charge is -2.36. The molecule has 74 valence electrons. The average molecular weight is 182 g/mol. The van der Waals surface area contributed by atoms with E-state index < -0.39 is 0 Å². The maximum absolute atomic E-state index is 11.7. The van der Waals surface area contributed by atoms with E-state index in [1.165, 1.54) is 19.3 Å². The molecule has 0 aromatic carbocycles. The van der Waals surface area contributed by atoms with Crippen LogP contribution in [-0.4, -0.2) is 37.0 Å². The standard InChI is InChI=1S/C10H18N2O/c1-12(9-3-2-4-9)10(13)5-8-6-11-7-8/h8-9,11H,2-7H2,1H3. The first-order valence-corrected chi connectivity index (χ1v) is 5.24.